The summed E-state index contributed by atoms with van der Waals surface area (Å²) in [4.78, 5) is 16.1. The summed E-state index contributed by atoms with van der Waals surface area (Å²) >= 11 is 1.21. The Labute approximate surface area is 132 Å². The maximum atomic E-state index is 11.7. The maximum absolute atomic E-state index is 11.7. The topological polar surface area (TPSA) is 69.1 Å². The second kappa shape index (κ2) is 6.49. The van der Waals surface area contributed by atoms with Crippen molar-refractivity contribution < 1.29 is 9.21 Å². The molecule has 0 aliphatic rings. The largest absolute Gasteiger partial charge is 0.439 e. The molecule has 2 aromatic carbocycles. The Hall–Kier alpha value is -2.53. The van der Waals surface area contributed by atoms with Crippen LogP contribution >= 0.6 is 11.8 Å². The van der Waals surface area contributed by atoms with Crippen molar-refractivity contribution in [1.29, 1.82) is 0 Å². The van der Waals surface area contributed by atoms with Gasteiger partial charge in [-0.15, -0.1) is 0 Å². The van der Waals surface area contributed by atoms with E-state index in [-0.39, 0.29) is 0 Å². The number of carbonyl (C=O) groups is 1. The van der Waals surface area contributed by atoms with Gasteiger partial charge in [-0.3, -0.25) is 4.79 Å². The van der Waals surface area contributed by atoms with Gasteiger partial charge in [0.1, 0.15) is 17.2 Å². The smallest absolute Gasteiger partial charge is 0.257 e. The van der Waals surface area contributed by atoms with Crippen LogP contribution in [0.1, 0.15) is 10.8 Å². The fraction of sp³-hybridized carbons (Fsp3) is 0.0588. The van der Waals surface area contributed by atoms with E-state index in [0.717, 1.165) is 16.8 Å². The Morgan fingerprint density at radius 1 is 1.05 bits per heavy atom. The van der Waals surface area contributed by atoms with E-state index in [9.17, 15) is 4.79 Å². The van der Waals surface area contributed by atoms with Crippen molar-refractivity contribution in [2.75, 3.05) is 0 Å². The van der Waals surface area contributed by atoms with Crippen LogP contribution in [0.25, 0.3) is 11.3 Å². The Morgan fingerprint density at radius 2 is 1.68 bits per heavy atom. The van der Waals surface area contributed by atoms with Crippen LogP contribution in [-0.4, -0.2) is 10.9 Å². The number of amides is 1. The van der Waals surface area contributed by atoms with E-state index in [1.54, 1.807) is 6.26 Å². The number of benzene rings is 2. The average molecular weight is 310 g/mol. The van der Waals surface area contributed by atoms with Crippen molar-refractivity contribution in [1.82, 2.24) is 4.98 Å². The maximum Gasteiger partial charge on any atom is 0.257 e. The summed E-state index contributed by atoms with van der Waals surface area (Å²) < 4.78 is 5.47. The molecule has 2 N–H and O–H groups in total. The Bertz CT molecular complexity index is 757. The molecule has 3 aromatic rings. The number of primary amides is 1. The molecule has 1 heterocycles. The molecule has 0 radical (unpaired) electrons. The first-order valence-electron chi connectivity index (χ1n) is 6.76. The van der Waals surface area contributed by atoms with Gasteiger partial charge in [-0.25, -0.2) is 4.98 Å². The number of carbonyl (C=O) groups excluding carboxylic acids is 1. The first kappa shape index (κ1) is 14.4. The van der Waals surface area contributed by atoms with Gasteiger partial charge in [0.15, 0.2) is 0 Å². The number of hydrogen-bond acceptors (Lipinski definition) is 4. The van der Waals surface area contributed by atoms with Gasteiger partial charge >= 0.3 is 0 Å². The van der Waals surface area contributed by atoms with E-state index < -0.39 is 11.2 Å². The Morgan fingerprint density at radius 3 is 2.32 bits per heavy atom. The zero-order valence-corrected chi connectivity index (χ0v) is 12.5. The third kappa shape index (κ3) is 3.20. The van der Waals surface area contributed by atoms with E-state index in [4.69, 9.17) is 10.2 Å². The molecule has 0 saturated heterocycles. The second-order valence-corrected chi connectivity index (χ2v) is 5.73. The molecule has 110 valence electrons. The lowest BCUT2D eigenvalue weighted by Gasteiger charge is -2.10. The standard InChI is InChI=1S/C17H14N2O2S/c18-16(20)15(13-9-5-2-6-10-13)22-17-19-14(11-21-17)12-7-3-1-4-8-12/h1-11,15H,(H2,18,20)/t15-/m0/s1. The van der Waals surface area contributed by atoms with Crippen LogP contribution in [0.15, 0.2) is 76.6 Å². The van der Waals surface area contributed by atoms with Crippen molar-refractivity contribution >= 4 is 17.7 Å². The third-order valence-corrected chi connectivity index (χ3v) is 4.26. The van der Waals surface area contributed by atoms with Crippen molar-refractivity contribution in [2.24, 2.45) is 5.73 Å². The van der Waals surface area contributed by atoms with E-state index in [0.29, 0.717) is 5.22 Å². The number of nitrogens with two attached hydrogens (primary N) is 1. The van der Waals surface area contributed by atoms with Gasteiger partial charge in [-0.1, -0.05) is 60.7 Å². The minimum Gasteiger partial charge on any atom is -0.439 e. The lowest BCUT2D eigenvalue weighted by Crippen LogP contribution is -2.18. The fourth-order valence-corrected chi connectivity index (χ4v) is 2.94. The summed E-state index contributed by atoms with van der Waals surface area (Å²) in [6, 6.07) is 19.1. The van der Waals surface area contributed by atoms with Gasteiger partial charge in [-0.05, 0) is 17.3 Å². The van der Waals surface area contributed by atoms with Crippen LogP contribution in [0.4, 0.5) is 0 Å². The molecule has 0 fully saturated rings. The van der Waals surface area contributed by atoms with Gasteiger partial charge < -0.3 is 10.2 Å². The molecular formula is C17H14N2O2S. The number of thioether (sulfide) groups is 1. The zero-order valence-electron chi connectivity index (χ0n) is 11.7. The molecule has 0 saturated carbocycles. The summed E-state index contributed by atoms with van der Waals surface area (Å²) in [5.41, 5.74) is 8.04. The molecule has 1 amide bonds. The minimum absolute atomic E-state index is 0.421. The molecule has 22 heavy (non-hydrogen) atoms. The summed E-state index contributed by atoms with van der Waals surface area (Å²) in [6.45, 7) is 0. The predicted molar refractivity (Wildman–Crippen MR) is 86.2 cm³/mol. The third-order valence-electron chi connectivity index (χ3n) is 3.13. The van der Waals surface area contributed by atoms with Gasteiger partial charge in [0.05, 0.1) is 0 Å². The van der Waals surface area contributed by atoms with Crippen LogP contribution in [0.5, 0.6) is 0 Å². The lowest BCUT2D eigenvalue weighted by atomic mass is 10.1. The molecular weight excluding hydrogens is 296 g/mol. The summed E-state index contributed by atoms with van der Waals surface area (Å²) in [7, 11) is 0. The van der Waals surface area contributed by atoms with Gasteiger partial charge in [0.2, 0.25) is 5.91 Å². The fourth-order valence-electron chi connectivity index (χ4n) is 2.07. The van der Waals surface area contributed by atoms with E-state index in [2.05, 4.69) is 4.98 Å². The molecule has 0 spiro atoms. The highest BCUT2D eigenvalue weighted by Gasteiger charge is 2.22. The molecule has 0 aliphatic heterocycles. The van der Waals surface area contributed by atoms with Crippen LogP contribution in [0, 0.1) is 0 Å². The molecule has 0 aliphatic carbocycles. The van der Waals surface area contributed by atoms with Crippen molar-refractivity contribution in [3.8, 4) is 11.3 Å². The monoisotopic (exact) mass is 310 g/mol. The molecule has 0 bridgehead atoms. The van der Waals surface area contributed by atoms with Crippen LogP contribution in [0.2, 0.25) is 0 Å². The highest BCUT2D eigenvalue weighted by molar-refractivity contribution is 8.00. The predicted octanol–water partition coefficient (Wildman–Crippen LogP) is 3.66. The van der Waals surface area contributed by atoms with Gasteiger partial charge in [0.25, 0.3) is 5.22 Å². The average Bonchev–Trinajstić information content (AvgIpc) is 3.03. The van der Waals surface area contributed by atoms with E-state index in [1.165, 1.54) is 11.8 Å². The van der Waals surface area contributed by atoms with Gasteiger partial charge in [-0.2, -0.15) is 0 Å². The summed E-state index contributed by atoms with van der Waals surface area (Å²) in [5, 5.41) is -0.102. The second-order valence-electron chi connectivity index (χ2n) is 4.68. The number of rotatable bonds is 5. The molecule has 5 heteroatoms. The Kier molecular flexibility index (Phi) is 4.25. The molecule has 3 rings (SSSR count). The lowest BCUT2D eigenvalue weighted by molar-refractivity contribution is -0.117. The highest BCUT2D eigenvalue weighted by atomic mass is 32.2. The minimum atomic E-state index is -0.525. The first-order valence-corrected chi connectivity index (χ1v) is 7.64. The van der Waals surface area contributed by atoms with Crippen LogP contribution < -0.4 is 5.73 Å². The normalized spacial score (nSPS) is 12.0. The van der Waals surface area contributed by atoms with Crippen molar-refractivity contribution in [3.05, 3.63) is 72.5 Å². The van der Waals surface area contributed by atoms with Gasteiger partial charge in [0, 0.05) is 5.56 Å². The molecule has 0 unspecified atom stereocenters. The zero-order chi connectivity index (χ0) is 15.4. The van der Waals surface area contributed by atoms with Crippen molar-refractivity contribution in [2.45, 2.75) is 10.5 Å². The summed E-state index contributed by atoms with van der Waals surface area (Å²) in [6.07, 6.45) is 1.58. The first-order chi connectivity index (χ1) is 10.7. The van der Waals surface area contributed by atoms with Crippen molar-refractivity contribution in [3.63, 3.8) is 0 Å². The quantitative estimate of drug-likeness (QED) is 0.730. The van der Waals surface area contributed by atoms with E-state index in [1.807, 2.05) is 60.7 Å². The number of aromatic nitrogens is 1. The molecule has 1 aromatic heterocycles. The SMILES string of the molecule is NC(=O)[C@@H](Sc1nc(-c2ccccc2)co1)c1ccccc1. The highest BCUT2D eigenvalue weighted by Crippen LogP contribution is 2.35. The summed E-state index contributed by atoms with van der Waals surface area (Å²) in [5.74, 6) is -0.421. The van der Waals surface area contributed by atoms with Crippen LogP contribution in [0.3, 0.4) is 0 Å². The number of hydrogen-bond donors (Lipinski definition) is 1. The number of oxazole rings is 1. The van der Waals surface area contributed by atoms with Crippen LogP contribution in [-0.2, 0) is 4.79 Å². The van der Waals surface area contributed by atoms with E-state index >= 15 is 0 Å². The molecule has 4 nitrogen and oxygen atoms in total. The number of nitrogens with zero attached hydrogens (tertiary/aromatic N) is 1. The molecule has 1 atom stereocenters. The Balaban J connectivity index is 1.83.